The number of amides is 1. The van der Waals surface area contributed by atoms with Crippen molar-refractivity contribution in [1.82, 2.24) is 0 Å². The molecule has 0 unspecified atom stereocenters. The Kier molecular flexibility index (Phi) is 7.06. The van der Waals surface area contributed by atoms with Crippen LogP contribution in [-0.2, 0) is 14.8 Å². The van der Waals surface area contributed by atoms with E-state index < -0.39 is 16.1 Å². The average molecular weight is 404 g/mol. The third-order valence-electron chi connectivity index (χ3n) is 3.85. The van der Waals surface area contributed by atoms with Gasteiger partial charge in [0.15, 0.2) is 6.10 Å². The van der Waals surface area contributed by atoms with Crippen LogP contribution in [0.25, 0.3) is 0 Å². The van der Waals surface area contributed by atoms with Crippen LogP contribution in [-0.4, -0.2) is 40.3 Å². The molecule has 0 aliphatic heterocycles. The van der Waals surface area contributed by atoms with E-state index in [1.54, 1.807) is 61.5 Å². The summed E-state index contributed by atoms with van der Waals surface area (Å²) >= 11 is 0. The molecule has 0 bridgehead atoms. The standard InChI is InChI=1S/C20H24N2O5S/c1-5-13-26-19-8-6-7-16(14-19)21-20(23)15(2)27-18-11-9-17(10-12-18)22(3)28(4,24)25/h5-12,14-15H,1,13H2,2-4H3,(H,21,23)/t15-/m0/s1. The number of carbonyl (C=O) groups is 1. The lowest BCUT2D eigenvalue weighted by Gasteiger charge is -2.18. The van der Waals surface area contributed by atoms with E-state index in [0.717, 1.165) is 10.6 Å². The Hall–Kier alpha value is -3.00. The van der Waals surface area contributed by atoms with Gasteiger partial charge >= 0.3 is 0 Å². The molecular weight excluding hydrogens is 380 g/mol. The molecule has 0 saturated heterocycles. The number of ether oxygens (including phenoxy) is 2. The predicted molar refractivity (Wildman–Crippen MR) is 111 cm³/mol. The molecule has 0 radical (unpaired) electrons. The first-order chi connectivity index (χ1) is 13.2. The van der Waals surface area contributed by atoms with Gasteiger partial charge in [-0.1, -0.05) is 18.7 Å². The van der Waals surface area contributed by atoms with E-state index in [9.17, 15) is 13.2 Å². The third kappa shape index (κ3) is 6.02. The largest absolute Gasteiger partial charge is 0.489 e. The summed E-state index contributed by atoms with van der Waals surface area (Å²) in [6.45, 7) is 5.60. The van der Waals surface area contributed by atoms with Crippen molar-refractivity contribution in [3.63, 3.8) is 0 Å². The molecule has 0 heterocycles. The van der Waals surface area contributed by atoms with Crippen molar-refractivity contribution in [2.45, 2.75) is 13.0 Å². The number of sulfonamides is 1. The van der Waals surface area contributed by atoms with E-state index in [0.29, 0.717) is 29.5 Å². The molecular formula is C20H24N2O5S. The van der Waals surface area contributed by atoms with Crippen LogP contribution in [0.1, 0.15) is 6.92 Å². The molecule has 0 spiro atoms. The summed E-state index contributed by atoms with van der Waals surface area (Å²) in [5.41, 5.74) is 1.09. The minimum absolute atomic E-state index is 0.321. The van der Waals surface area contributed by atoms with Crippen molar-refractivity contribution in [2.24, 2.45) is 0 Å². The number of nitrogens with one attached hydrogen (secondary N) is 1. The SMILES string of the molecule is C=CCOc1cccc(NC(=O)[C@H](C)Oc2ccc(N(C)S(C)(=O)=O)cc2)c1. The van der Waals surface area contributed by atoms with Gasteiger partial charge in [0.05, 0.1) is 11.9 Å². The summed E-state index contributed by atoms with van der Waals surface area (Å²) in [4.78, 5) is 12.4. The second-order valence-corrected chi connectivity index (χ2v) is 8.11. The quantitative estimate of drug-likeness (QED) is 0.650. The molecule has 8 heteroatoms. The van der Waals surface area contributed by atoms with Crippen LogP contribution < -0.4 is 19.1 Å². The number of hydrogen-bond donors (Lipinski definition) is 1. The Morgan fingerprint density at radius 1 is 1.21 bits per heavy atom. The summed E-state index contributed by atoms with van der Waals surface area (Å²) < 4.78 is 35.4. The summed E-state index contributed by atoms with van der Waals surface area (Å²) in [6.07, 6.45) is 2.01. The molecule has 1 atom stereocenters. The Labute approximate surface area is 165 Å². The van der Waals surface area contributed by atoms with Crippen molar-refractivity contribution < 1.29 is 22.7 Å². The van der Waals surface area contributed by atoms with Crippen LogP contribution >= 0.6 is 0 Å². The summed E-state index contributed by atoms with van der Waals surface area (Å²) in [5, 5.41) is 2.77. The fourth-order valence-electron chi connectivity index (χ4n) is 2.25. The van der Waals surface area contributed by atoms with Gasteiger partial charge in [0.1, 0.15) is 18.1 Å². The van der Waals surface area contributed by atoms with Gasteiger partial charge in [0.25, 0.3) is 5.91 Å². The molecule has 0 aliphatic rings. The van der Waals surface area contributed by atoms with Crippen LogP contribution in [0.5, 0.6) is 11.5 Å². The van der Waals surface area contributed by atoms with Gasteiger partial charge in [-0.15, -0.1) is 0 Å². The third-order valence-corrected chi connectivity index (χ3v) is 5.06. The highest BCUT2D eigenvalue weighted by molar-refractivity contribution is 7.92. The molecule has 1 N–H and O–H groups in total. The lowest BCUT2D eigenvalue weighted by Crippen LogP contribution is -2.30. The first-order valence-electron chi connectivity index (χ1n) is 8.56. The topological polar surface area (TPSA) is 84.9 Å². The maximum atomic E-state index is 12.4. The van der Waals surface area contributed by atoms with Crippen LogP contribution in [0.2, 0.25) is 0 Å². The number of carbonyl (C=O) groups excluding carboxylic acids is 1. The van der Waals surface area contributed by atoms with Gasteiger partial charge in [0, 0.05) is 18.8 Å². The van der Waals surface area contributed by atoms with Crippen molar-refractivity contribution in [2.75, 3.05) is 29.5 Å². The second kappa shape index (κ2) is 9.27. The highest BCUT2D eigenvalue weighted by Crippen LogP contribution is 2.22. The molecule has 1 amide bonds. The molecule has 7 nitrogen and oxygen atoms in total. The van der Waals surface area contributed by atoms with E-state index in [2.05, 4.69) is 11.9 Å². The zero-order chi connectivity index (χ0) is 20.7. The highest BCUT2D eigenvalue weighted by atomic mass is 32.2. The van der Waals surface area contributed by atoms with Crippen molar-refractivity contribution in [3.05, 3.63) is 61.2 Å². The van der Waals surface area contributed by atoms with Crippen LogP contribution in [0.3, 0.4) is 0 Å². The molecule has 2 aromatic rings. The second-order valence-electron chi connectivity index (χ2n) is 6.10. The number of hydrogen-bond acceptors (Lipinski definition) is 5. The zero-order valence-electron chi connectivity index (χ0n) is 16.1. The number of nitrogens with zero attached hydrogens (tertiary/aromatic N) is 1. The maximum absolute atomic E-state index is 12.4. The lowest BCUT2D eigenvalue weighted by molar-refractivity contribution is -0.122. The van der Waals surface area contributed by atoms with Gasteiger partial charge < -0.3 is 14.8 Å². The minimum atomic E-state index is -3.34. The normalized spacial score (nSPS) is 12.0. The molecule has 0 fully saturated rings. The summed E-state index contributed by atoms with van der Waals surface area (Å²) in [5.74, 6) is 0.756. The van der Waals surface area contributed by atoms with Crippen molar-refractivity contribution >= 4 is 27.3 Å². The first-order valence-corrected chi connectivity index (χ1v) is 10.4. The number of rotatable bonds is 9. The van der Waals surface area contributed by atoms with Crippen LogP contribution in [0.15, 0.2) is 61.2 Å². The van der Waals surface area contributed by atoms with Crippen molar-refractivity contribution in [3.8, 4) is 11.5 Å². The summed E-state index contributed by atoms with van der Waals surface area (Å²) in [6, 6.07) is 13.5. The van der Waals surface area contributed by atoms with E-state index in [4.69, 9.17) is 9.47 Å². The zero-order valence-corrected chi connectivity index (χ0v) is 16.9. The molecule has 2 aromatic carbocycles. The molecule has 0 saturated carbocycles. The Morgan fingerprint density at radius 3 is 2.50 bits per heavy atom. The minimum Gasteiger partial charge on any atom is -0.489 e. The Morgan fingerprint density at radius 2 is 1.89 bits per heavy atom. The molecule has 0 aromatic heterocycles. The Bertz CT molecular complexity index is 926. The van der Waals surface area contributed by atoms with Gasteiger partial charge in [-0.3, -0.25) is 9.10 Å². The smallest absolute Gasteiger partial charge is 0.265 e. The van der Waals surface area contributed by atoms with E-state index in [1.165, 1.54) is 7.05 Å². The summed E-state index contributed by atoms with van der Waals surface area (Å²) in [7, 11) is -1.87. The fourth-order valence-corrected chi connectivity index (χ4v) is 2.75. The molecule has 0 aliphatic carbocycles. The monoisotopic (exact) mass is 404 g/mol. The predicted octanol–water partition coefficient (Wildman–Crippen LogP) is 3.05. The highest BCUT2D eigenvalue weighted by Gasteiger charge is 2.16. The molecule has 2 rings (SSSR count). The van der Waals surface area contributed by atoms with Gasteiger partial charge in [-0.2, -0.15) is 0 Å². The van der Waals surface area contributed by atoms with Gasteiger partial charge in [-0.25, -0.2) is 8.42 Å². The van der Waals surface area contributed by atoms with Crippen LogP contribution in [0, 0.1) is 0 Å². The lowest BCUT2D eigenvalue weighted by atomic mass is 10.2. The van der Waals surface area contributed by atoms with Crippen molar-refractivity contribution in [1.29, 1.82) is 0 Å². The Balaban J connectivity index is 1.98. The average Bonchev–Trinajstić information content (AvgIpc) is 2.66. The van der Waals surface area contributed by atoms with Gasteiger partial charge in [-0.05, 0) is 43.3 Å². The van der Waals surface area contributed by atoms with E-state index >= 15 is 0 Å². The van der Waals surface area contributed by atoms with Gasteiger partial charge in [0.2, 0.25) is 10.0 Å². The van der Waals surface area contributed by atoms with E-state index in [-0.39, 0.29) is 5.91 Å². The molecule has 150 valence electrons. The number of anilines is 2. The van der Waals surface area contributed by atoms with E-state index in [1.807, 2.05) is 0 Å². The first kappa shape index (κ1) is 21.3. The maximum Gasteiger partial charge on any atom is 0.265 e. The van der Waals surface area contributed by atoms with Crippen LogP contribution in [0.4, 0.5) is 11.4 Å². The number of benzene rings is 2. The fraction of sp³-hybridized carbons (Fsp3) is 0.250. The molecule has 28 heavy (non-hydrogen) atoms.